The summed E-state index contributed by atoms with van der Waals surface area (Å²) in [6.07, 6.45) is 8.72. The Balaban J connectivity index is 1.23. The van der Waals surface area contributed by atoms with E-state index in [0.717, 1.165) is 49.7 Å². The Morgan fingerprint density at radius 3 is 2.72 bits per heavy atom. The van der Waals surface area contributed by atoms with Gasteiger partial charge in [-0.05, 0) is 75.1 Å². The van der Waals surface area contributed by atoms with Crippen LogP contribution in [0.25, 0.3) is 0 Å². The molecule has 0 unspecified atom stereocenters. The molecule has 0 radical (unpaired) electrons. The normalized spacial score (nSPS) is 20.6. The van der Waals surface area contributed by atoms with Crippen LogP contribution in [0.5, 0.6) is 0 Å². The van der Waals surface area contributed by atoms with Gasteiger partial charge in [0.15, 0.2) is 5.82 Å². The molecule has 5 rings (SSSR count). The molecule has 2 aliphatic heterocycles. The maximum atomic E-state index is 13.0. The number of rotatable bonds is 5. The molecule has 2 aromatic rings. The zero-order chi connectivity index (χ0) is 22.3. The molecule has 1 N–H and O–H groups in total. The number of likely N-dealkylation sites (tertiary alicyclic amines) is 2. The van der Waals surface area contributed by atoms with Crippen LogP contribution in [0.3, 0.4) is 0 Å². The first-order chi connectivity index (χ1) is 15.4. The largest absolute Gasteiger partial charge is 0.344 e. The molecule has 6 nitrogen and oxygen atoms in total. The number of aromatic nitrogens is 2. The van der Waals surface area contributed by atoms with Crippen molar-refractivity contribution in [3.05, 3.63) is 58.9 Å². The van der Waals surface area contributed by atoms with E-state index in [-0.39, 0.29) is 11.6 Å². The number of nitrogens with one attached hydrogen (secondary N) is 1. The van der Waals surface area contributed by atoms with Crippen LogP contribution in [0.2, 0.25) is 5.02 Å². The molecule has 3 fully saturated rings. The third-order valence-corrected chi connectivity index (χ3v) is 7.63. The van der Waals surface area contributed by atoms with Gasteiger partial charge in [-0.15, -0.1) is 5.10 Å². The Labute approximate surface area is 195 Å². The van der Waals surface area contributed by atoms with E-state index in [4.69, 9.17) is 11.6 Å². The van der Waals surface area contributed by atoms with E-state index < -0.39 is 0 Å². The monoisotopic (exact) mass is 453 g/mol. The SMILES string of the molecule is C=C(C)Nc1ccn(C(=O)N2CCC3(CCCN3Cc3ccc(Cl)c(C4CC4)c3)CC2)n1. The maximum absolute atomic E-state index is 13.0. The van der Waals surface area contributed by atoms with E-state index in [1.165, 1.54) is 41.5 Å². The Morgan fingerprint density at radius 1 is 1.22 bits per heavy atom. The van der Waals surface area contributed by atoms with Crippen molar-refractivity contribution in [3.63, 3.8) is 0 Å². The molecule has 1 aromatic carbocycles. The van der Waals surface area contributed by atoms with Crippen LogP contribution in [0.1, 0.15) is 62.5 Å². The molecule has 2 saturated heterocycles. The number of carbonyl (C=O) groups is 1. The number of amides is 1. The number of hydrogen-bond acceptors (Lipinski definition) is 4. The van der Waals surface area contributed by atoms with Crippen LogP contribution in [0.4, 0.5) is 10.6 Å². The molecule has 32 heavy (non-hydrogen) atoms. The average molecular weight is 454 g/mol. The van der Waals surface area contributed by atoms with Gasteiger partial charge in [-0.3, -0.25) is 4.90 Å². The molecule has 170 valence electrons. The summed E-state index contributed by atoms with van der Waals surface area (Å²) in [5.41, 5.74) is 3.70. The minimum Gasteiger partial charge on any atom is -0.343 e. The summed E-state index contributed by atoms with van der Waals surface area (Å²) >= 11 is 6.45. The van der Waals surface area contributed by atoms with Gasteiger partial charge in [-0.25, -0.2) is 4.79 Å². The fraction of sp³-hybridized carbons (Fsp3) is 0.520. The summed E-state index contributed by atoms with van der Waals surface area (Å²) in [4.78, 5) is 17.6. The second-order valence-electron chi connectivity index (χ2n) is 9.70. The molecule has 0 atom stereocenters. The minimum atomic E-state index is -0.0501. The van der Waals surface area contributed by atoms with Gasteiger partial charge in [0.25, 0.3) is 0 Å². The third-order valence-electron chi connectivity index (χ3n) is 7.28. The number of hydrogen-bond donors (Lipinski definition) is 1. The van der Waals surface area contributed by atoms with Crippen LogP contribution in [0, 0.1) is 0 Å². The summed E-state index contributed by atoms with van der Waals surface area (Å²) in [7, 11) is 0. The zero-order valence-electron chi connectivity index (χ0n) is 18.8. The Hall–Kier alpha value is -2.31. The maximum Gasteiger partial charge on any atom is 0.344 e. The van der Waals surface area contributed by atoms with Crippen LogP contribution in [-0.2, 0) is 6.54 Å². The highest BCUT2D eigenvalue weighted by Crippen LogP contribution is 2.44. The molecule has 1 aliphatic carbocycles. The Morgan fingerprint density at radius 2 is 2.00 bits per heavy atom. The third kappa shape index (κ3) is 4.30. The lowest BCUT2D eigenvalue weighted by atomic mass is 9.84. The van der Waals surface area contributed by atoms with Crippen LogP contribution in [0.15, 0.2) is 42.7 Å². The molecule has 1 aromatic heterocycles. The smallest absolute Gasteiger partial charge is 0.343 e. The van der Waals surface area contributed by atoms with Gasteiger partial charge in [-0.1, -0.05) is 30.3 Å². The number of piperidine rings is 1. The highest BCUT2D eigenvalue weighted by atomic mass is 35.5. The highest BCUT2D eigenvalue weighted by Gasteiger charge is 2.44. The van der Waals surface area contributed by atoms with E-state index in [0.29, 0.717) is 11.7 Å². The predicted molar refractivity (Wildman–Crippen MR) is 128 cm³/mol. The van der Waals surface area contributed by atoms with Gasteiger partial charge in [0.1, 0.15) is 0 Å². The molecule has 1 amide bonds. The lowest BCUT2D eigenvalue weighted by Gasteiger charge is -2.45. The average Bonchev–Trinajstić information content (AvgIpc) is 3.41. The molecule has 1 saturated carbocycles. The number of halogens is 1. The van der Waals surface area contributed by atoms with Crippen LogP contribution < -0.4 is 5.32 Å². The zero-order valence-corrected chi connectivity index (χ0v) is 19.6. The lowest BCUT2D eigenvalue weighted by molar-refractivity contribution is 0.0585. The van der Waals surface area contributed by atoms with Crippen LogP contribution in [-0.4, -0.2) is 50.8 Å². The number of benzene rings is 1. The molecular weight excluding hydrogens is 422 g/mol. The first kappa shape index (κ1) is 21.5. The van der Waals surface area contributed by atoms with Crippen molar-refractivity contribution in [2.45, 2.75) is 63.5 Å². The van der Waals surface area contributed by atoms with Gasteiger partial charge < -0.3 is 10.2 Å². The van der Waals surface area contributed by atoms with Crippen molar-refractivity contribution in [1.29, 1.82) is 0 Å². The fourth-order valence-corrected chi connectivity index (χ4v) is 5.67. The Kier molecular flexibility index (Phi) is 5.76. The van der Waals surface area contributed by atoms with Gasteiger partial charge in [-0.2, -0.15) is 4.68 Å². The Bertz CT molecular complexity index is 1020. The summed E-state index contributed by atoms with van der Waals surface area (Å²) in [6.45, 7) is 9.34. The van der Waals surface area contributed by atoms with Gasteiger partial charge >= 0.3 is 6.03 Å². The van der Waals surface area contributed by atoms with Crippen molar-refractivity contribution >= 4 is 23.4 Å². The fourth-order valence-electron chi connectivity index (χ4n) is 5.40. The van der Waals surface area contributed by atoms with E-state index in [2.05, 4.69) is 40.1 Å². The molecule has 3 heterocycles. The number of nitrogens with zero attached hydrogens (tertiary/aromatic N) is 4. The van der Waals surface area contributed by atoms with Gasteiger partial charge in [0.2, 0.25) is 0 Å². The van der Waals surface area contributed by atoms with Crippen molar-refractivity contribution in [3.8, 4) is 0 Å². The molecule has 3 aliphatic rings. The standard InChI is InChI=1S/C25H32ClN5O/c1-18(2)27-23-8-13-31(28-23)24(32)29-14-10-25(11-15-29)9-3-12-30(25)17-19-4-7-22(26)21(16-19)20-5-6-20/h4,7-8,13,16,20H,1,3,5-6,9-12,14-15,17H2,2H3,(H,27,28). The number of anilines is 1. The molecule has 0 bridgehead atoms. The lowest BCUT2D eigenvalue weighted by Crippen LogP contribution is -2.53. The van der Waals surface area contributed by atoms with E-state index in [1.807, 2.05) is 11.8 Å². The van der Waals surface area contributed by atoms with Crippen molar-refractivity contribution in [1.82, 2.24) is 19.6 Å². The minimum absolute atomic E-state index is 0.0501. The predicted octanol–water partition coefficient (Wildman–Crippen LogP) is 5.46. The van der Waals surface area contributed by atoms with Crippen molar-refractivity contribution < 1.29 is 4.79 Å². The summed E-state index contributed by atoms with van der Waals surface area (Å²) in [6, 6.07) is 8.35. The number of allylic oxidation sites excluding steroid dienone is 1. The van der Waals surface area contributed by atoms with E-state index in [9.17, 15) is 4.79 Å². The van der Waals surface area contributed by atoms with Crippen LogP contribution >= 0.6 is 11.6 Å². The second-order valence-corrected chi connectivity index (χ2v) is 10.1. The van der Waals surface area contributed by atoms with E-state index >= 15 is 0 Å². The quantitative estimate of drug-likeness (QED) is 0.653. The first-order valence-corrected chi connectivity index (χ1v) is 12.1. The van der Waals surface area contributed by atoms with Crippen molar-refractivity contribution in [2.24, 2.45) is 0 Å². The van der Waals surface area contributed by atoms with Gasteiger partial charge in [0.05, 0.1) is 0 Å². The molecule has 1 spiro atoms. The first-order valence-electron chi connectivity index (χ1n) is 11.7. The highest BCUT2D eigenvalue weighted by molar-refractivity contribution is 6.31. The second kappa shape index (κ2) is 8.56. The van der Waals surface area contributed by atoms with Gasteiger partial charge in [0, 0.05) is 48.2 Å². The topological polar surface area (TPSA) is 53.4 Å². The number of carbonyl (C=O) groups excluding carboxylic acids is 1. The summed E-state index contributed by atoms with van der Waals surface area (Å²) in [5.74, 6) is 1.31. The van der Waals surface area contributed by atoms with Crippen molar-refractivity contribution in [2.75, 3.05) is 25.0 Å². The van der Waals surface area contributed by atoms with E-state index in [1.54, 1.807) is 12.3 Å². The molecule has 7 heteroatoms. The summed E-state index contributed by atoms with van der Waals surface area (Å²) in [5, 5.41) is 8.33. The summed E-state index contributed by atoms with van der Waals surface area (Å²) < 4.78 is 1.43. The molecular formula is C25H32ClN5O.